The molecule has 104 valence electrons. The highest BCUT2D eigenvalue weighted by Gasteiger charge is 2.70. The van der Waals surface area contributed by atoms with Gasteiger partial charge in [-0.05, 0) is 41.2 Å². The second-order valence-electron chi connectivity index (χ2n) is 6.80. The molecule has 4 bridgehead atoms. The third kappa shape index (κ3) is 1.01. The Morgan fingerprint density at radius 1 is 0.900 bits per heavy atom. The van der Waals surface area contributed by atoms with E-state index in [1.807, 2.05) is 14.2 Å². The number of hydrogen-bond acceptors (Lipinski definition) is 2. The maximum absolute atomic E-state index is 5.91. The van der Waals surface area contributed by atoms with E-state index in [1.165, 1.54) is 6.42 Å². The molecule has 0 aromatic heterocycles. The Bertz CT molecular complexity index is 554. The van der Waals surface area contributed by atoms with Crippen molar-refractivity contribution in [3.8, 4) is 0 Å². The molecule has 2 fully saturated rings. The van der Waals surface area contributed by atoms with Crippen molar-refractivity contribution in [2.24, 2.45) is 23.7 Å². The fraction of sp³-hybridized carbons (Fsp3) is 0.556. The maximum Gasteiger partial charge on any atom is 0.180 e. The van der Waals surface area contributed by atoms with Crippen LogP contribution in [-0.4, -0.2) is 20.0 Å². The fourth-order valence-electron chi connectivity index (χ4n) is 6.11. The van der Waals surface area contributed by atoms with Crippen LogP contribution in [-0.2, 0) is 9.47 Å². The first-order valence-corrected chi connectivity index (χ1v) is 7.69. The van der Waals surface area contributed by atoms with Crippen LogP contribution in [0.5, 0.6) is 0 Å². The molecule has 0 spiro atoms. The van der Waals surface area contributed by atoms with Crippen LogP contribution in [0.4, 0.5) is 0 Å². The predicted octanol–water partition coefficient (Wildman–Crippen LogP) is 3.31. The van der Waals surface area contributed by atoms with Crippen molar-refractivity contribution in [1.82, 2.24) is 0 Å². The summed E-state index contributed by atoms with van der Waals surface area (Å²) in [6.07, 6.45) is 6.07. The van der Waals surface area contributed by atoms with Crippen LogP contribution < -0.4 is 0 Å². The van der Waals surface area contributed by atoms with Crippen LogP contribution in [0.1, 0.15) is 29.4 Å². The SMILES string of the molecule is COC1(OC)[C@H]2C=C[C@H]1[C@H]1[C@@H]2[C@H]2C[C@H]1c1ccccc12. The van der Waals surface area contributed by atoms with Gasteiger partial charge < -0.3 is 9.47 Å². The number of fused-ring (bicyclic) bond motifs is 12. The normalized spacial score (nSPS) is 44.9. The molecule has 5 rings (SSSR count). The third-order valence-corrected chi connectivity index (χ3v) is 6.60. The molecular weight excluding hydrogens is 248 g/mol. The van der Waals surface area contributed by atoms with E-state index in [0.29, 0.717) is 35.5 Å². The predicted molar refractivity (Wildman–Crippen MR) is 76.4 cm³/mol. The van der Waals surface area contributed by atoms with Gasteiger partial charge >= 0.3 is 0 Å². The first-order chi connectivity index (χ1) is 9.81. The first kappa shape index (κ1) is 11.5. The summed E-state index contributed by atoms with van der Waals surface area (Å²) in [5.41, 5.74) is 3.20. The molecule has 0 aliphatic heterocycles. The van der Waals surface area contributed by atoms with Gasteiger partial charge in [0.2, 0.25) is 0 Å². The Balaban J connectivity index is 1.66. The van der Waals surface area contributed by atoms with Crippen LogP contribution in [0, 0.1) is 23.7 Å². The topological polar surface area (TPSA) is 18.5 Å². The van der Waals surface area contributed by atoms with E-state index in [-0.39, 0.29) is 0 Å². The van der Waals surface area contributed by atoms with Crippen molar-refractivity contribution in [3.63, 3.8) is 0 Å². The van der Waals surface area contributed by atoms with Gasteiger partial charge in [-0.25, -0.2) is 0 Å². The van der Waals surface area contributed by atoms with Crippen molar-refractivity contribution in [3.05, 3.63) is 47.5 Å². The van der Waals surface area contributed by atoms with Crippen molar-refractivity contribution in [2.75, 3.05) is 14.2 Å². The number of ether oxygens (including phenoxy) is 2. The minimum atomic E-state index is -0.395. The smallest absolute Gasteiger partial charge is 0.180 e. The Kier molecular flexibility index (Phi) is 2.05. The Hall–Kier alpha value is -1.12. The zero-order chi connectivity index (χ0) is 13.5. The molecule has 20 heavy (non-hydrogen) atoms. The summed E-state index contributed by atoms with van der Waals surface area (Å²) < 4.78 is 11.8. The number of hydrogen-bond donors (Lipinski definition) is 0. The number of benzene rings is 1. The monoisotopic (exact) mass is 268 g/mol. The van der Waals surface area contributed by atoms with Crippen LogP contribution in [0.25, 0.3) is 0 Å². The van der Waals surface area contributed by atoms with E-state index in [1.54, 1.807) is 11.1 Å². The number of methoxy groups -OCH3 is 2. The van der Waals surface area contributed by atoms with Gasteiger partial charge in [-0.15, -0.1) is 0 Å². The lowest BCUT2D eigenvalue weighted by atomic mass is 9.71. The van der Waals surface area contributed by atoms with E-state index >= 15 is 0 Å². The molecule has 0 saturated heterocycles. The Labute approximate surface area is 119 Å². The number of rotatable bonds is 2. The molecule has 6 atom stereocenters. The summed E-state index contributed by atoms with van der Waals surface area (Å²) in [5.74, 6) is 3.31. The molecule has 0 unspecified atom stereocenters. The van der Waals surface area contributed by atoms with E-state index in [4.69, 9.17) is 9.47 Å². The fourth-order valence-corrected chi connectivity index (χ4v) is 6.11. The molecule has 4 aliphatic rings. The molecule has 0 amide bonds. The summed E-state index contributed by atoms with van der Waals surface area (Å²) in [6.45, 7) is 0. The minimum absolute atomic E-state index is 0.395. The molecule has 2 saturated carbocycles. The lowest BCUT2D eigenvalue weighted by Crippen LogP contribution is -2.41. The van der Waals surface area contributed by atoms with Crippen molar-refractivity contribution >= 4 is 0 Å². The summed E-state index contributed by atoms with van der Waals surface area (Å²) in [7, 11) is 3.62. The average Bonchev–Trinajstić information content (AvgIpc) is 3.22. The zero-order valence-corrected chi connectivity index (χ0v) is 12.0. The molecule has 2 nitrogen and oxygen atoms in total. The van der Waals surface area contributed by atoms with Crippen LogP contribution in [0.3, 0.4) is 0 Å². The molecule has 1 aromatic carbocycles. The second kappa shape index (κ2) is 3.55. The molecule has 1 aromatic rings. The first-order valence-electron chi connectivity index (χ1n) is 7.69. The van der Waals surface area contributed by atoms with E-state index in [0.717, 1.165) is 0 Å². The van der Waals surface area contributed by atoms with Gasteiger partial charge in [0.15, 0.2) is 5.79 Å². The molecular formula is C18H20O2. The molecule has 4 aliphatic carbocycles. The zero-order valence-electron chi connectivity index (χ0n) is 12.0. The van der Waals surface area contributed by atoms with E-state index < -0.39 is 5.79 Å². The lowest BCUT2D eigenvalue weighted by molar-refractivity contribution is -0.235. The Morgan fingerprint density at radius 3 is 1.85 bits per heavy atom. The lowest BCUT2D eigenvalue weighted by Gasteiger charge is -2.33. The highest BCUT2D eigenvalue weighted by atomic mass is 16.7. The van der Waals surface area contributed by atoms with Gasteiger partial charge in [-0.1, -0.05) is 36.4 Å². The second-order valence-corrected chi connectivity index (χ2v) is 6.80. The average molecular weight is 268 g/mol. The van der Waals surface area contributed by atoms with E-state index in [9.17, 15) is 0 Å². The van der Waals surface area contributed by atoms with Gasteiger partial charge in [-0.2, -0.15) is 0 Å². The van der Waals surface area contributed by atoms with Gasteiger partial charge in [0.1, 0.15) is 0 Å². The molecule has 0 radical (unpaired) electrons. The third-order valence-electron chi connectivity index (χ3n) is 6.60. The standard InChI is InChI=1S/C18H20O2/c1-19-18(20-2)14-7-8-15(18)17-13-9-12(16(14)17)10-5-3-4-6-11(10)13/h3-8,12-17H,9H2,1-2H3/t12-,13-,14-,15-,16-,17+/m0/s1. The highest BCUT2D eigenvalue weighted by Crippen LogP contribution is 2.72. The minimum Gasteiger partial charge on any atom is -0.352 e. The van der Waals surface area contributed by atoms with Crippen molar-refractivity contribution in [1.29, 1.82) is 0 Å². The molecule has 2 heteroatoms. The van der Waals surface area contributed by atoms with Crippen LogP contribution in [0.2, 0.25) is 0 Å². The summed E-state index contributed by atoms with van der Waals surface area (Å²) in [4.78, 5) is 0. The van der Waals surface area contributed by atoms with Crippen molar-refractivity contribution < 1.29 is 9.47 Å². The van der Waals surface area contributed by atoms with Gasteiger partial charge in [-0.3, -0.25) is 0 Å². The highest BCUT2D eigenvalue weighted by molar-refractivity contribution is 5.47. The molecule has 0 heterocycles. The van der Waals surface area contributed by atoms with Gasteiger partial charge in [0, 0.05) is 26.1 Å². The summed E-state index contributed by atoms with van der Waals surface area (Å²) in [5, 5.41) is 0. The van der Waals surface area contributed by atoms with Crippen molar-refractivity contribution in [2.45, 2.75) is 24.0 Å². The van der Waals surface area contributed by atoms with Gasteiger partial charge in [0.25, 0.3) is 0 Å². The van der Waals surface area contributed by atoms with E-state index in [2.05, 4.69) is 36.4 Å². The van der Waals surface area contributed by atoms with Gasteiger partial charge in [0.05, 0.1) is 0 Å². The summed E-state index contributed by atoms with van der Waals surface area (Å²) in [6, 6.07) is 9.06. The summed E-state index contributed by atoms with van der Waals surface area (Å²) >= 11 is 0. The maximum atomic E-state index is 5.91. The van der Waals surface area contributed by atoms with Crippen LogP contribution >= 0.6 is 0 Å². The largest absolute Gasteiger partial charge is 0.352 e. The van der Waals surface area contributed by atoms with Crippen LogP contribution in [0.15, 0.2) is 36.4 Å². The molecule has 0 N–H and O–H groups in total. The Morgan fingerprint density at radius 2 is 1.40 bits per heavy atom. The quantitative estimate of drug-likeness (QED) is 0.465.